The largest absolute Gasteiger partial charge is 0.493 e. The van der Waals surface area contributed by atoms with Crippen molar-refractivity contribution in [3.05, 3.63) is 113 Å². The molecule has 11 heteroatoms. The van der Waals surface area contributed by atoms with Crippen LogP contribution in [0.1, 0.15) is 66.4 Å². The molecule has 0 aliphatic rings. The Kier molecular flexibility index (Phi) is 11.2. The number of pyridine rings is 1. The highest BCUT2D eigenvalue weighted by Crippen LogP contribution is 2.34. The first-order valence-electron chi connectivity index (χ1n) is 15.2. The van der Waals surface area contributed by atoms with Gasteiger partial charge in [-0.3, -0.25) is 9.59 Å². The molecule has 0 aliphatic heterocycles. The molecule has 1 aromatic heterocycles. The molecule has 0 bridgehead atoms. The number of nitriles is 1. The van der Waals surface area contributed by atoms with Crippen LogP contribution in [0.25, 0.3) is 11.3 Å². The predicted octanol–water partition coefficient (Wildman–Crippen LogP) is 5.53. The van der Waals surface area contributed by atoms with Crippen molar-refractivity contribution in [2.45, 2.75) is 51.4 Å². The molecule has 0 spiro atoms. The number of benzene rings is 3. The van der Waals surface area contributed by atoms with E-state index in [1.807, 2.05) is 30.3 Å². The number of nitrogens with one attached hydrogen (secondary N) is 1. The minimum atomic E-state index is -1.56. The summed E-state index contributed by atoms with van der Waals surface area (Å²) in [5.74, 6) is -0.396. The zero-order chi connectivity index (χ0) is 34.9. The molecule has 11 nitrogen and oxygen atoms in total. The van der Waals surface area contributed by atoms with Crippen LogP contribution >= 0.6 is 0 Å². The lowest BCUT2D eigenvalue weighted by Gasteiger charge is -2.30. The number of aliphatic hydroxyl groups is 1. The molecule has 3 aromatic carbocycles. The van der Waals surface area contributed by atoms with Gasteiger partial charge in [-0.25, -0.2) is 9.78 Å². The Morgan fingerprint density at radius 1 is 0.958 bits per heavy atom. The van der Waals surface area contributed by atoms with Crippen LogP contribution in [0.5, 0.6) is 11.5 Å². The maximum absolute atomic E-state index is 13.2. The minimum absolute atomic E-state index is 0.0182. The Morgan fingerprint density at radius 3 is 2.31 bits per heavy atom. The molecule has 0 fully saturated rings. The van der Waals surface area contributed by atoms with Gasteiger partial charge in [-0.15, -0.1) is 0 Å². The van der Waals surface area contributed by atoms with Gasteiger partial charge < -0.3 is 30.4 Å². The number of aromatic nitrogens is 1. The number of amides is 2. The number of Topliss-reactive ketones (excluding diaryl/α,β-unsaturated/α-hetero) is 1. The van der Waals surface area contributed by atoms with E-state index in [2.05, 4.69) is 11.4 Å². The summed E-state index contributed by atoms with van der Waals surface area (Å²) < 4.78 is 16.1. The van der Waals surface area contributed by atoms with Crippen molar-refractivity contribution >= 4 is 17.8 Å². The molecule has 1 atom stereocenters. The lowest BCUT2D eigenvalue weighted by Crippen LogP contribution is -2.41. The van der Waals surface area contributed by atoms with Crippen LogP contribution in [0, 0.1) is 11.3 Å². The Labute approximate surface area is 279 Å². The van der Waals surface area contributed by atoms with Crippen molar-refractivity contribution in [1.82, 2.24) is 10.3 Å². The second-order valence-electron chi connectivity index (χ2n) is 11.9. The average Bonchev–Trinajstić information content (AvgIpc) is 3.08. The number of hydrogen-bond acceptors (Lipinski definition) is 9. The summed E-state index contributed by atoms with van der Waals surface area (Å²) in [6, 6.07) is 26.3. The molecule has 4 rings (SSSR count). The van der Waals surface area contributed by atoms with E-state index < -0.39 is 23.1 Å². The number of carbonyl (C=O) groups excluding carboxylic acids is 3. The first-order valence-corrected chi connectivity index (χ1v) is 15.2. The van der Waals surface area contributed by atoms with E-state index in [0.29, 0.717) is 27.9 Å². The van der Waals surface area contributed by atoms with Crippen LogP contribution in [-0.2, 0) is 27.3 Å². The fraction of sp³-hybridized carbons (Fsp3) is 0.270. The van der Waals surface area contributed by atoms with Crippen LogP contribution in [0.4, 0.5) is 4.79 Å². The maximum Gasteiger partial charge on any atom is 0.408 e. The van der Waals surface area contributed by atoms with Crippen LogP contribution < -0.4 is 20.5 Å². The van der Waals surface area contributed by atoms with Crippen molar-refractivity contribution in [3.63, 3.8) is 0 Å². The summed E-state index contributed by atoms with van der Waals surface area (Å²) in [5.41, 5.74) is 6.39. The summed E-state index contributed by atoms with van der Waals surface area (Å²) >= 11 is 0. The normalized spacial score (nSPS) is 12.2. The van der Waals surface area contributed by atoms with Gasteiger partial charge in [0.15, 0.2) is 23.9 Å². The molecule has 0 radical (unpaired) electrons. The average molecular weight is 651 g/mol. The summed E-state index contributed by atoms with van der Waals surface area (Å²) in [4.78, 5) is 42.0. The molecular weight excluding hydrogens is 612 g/mol. The number of ether oxygens (including phenoxy) is 3. The number of primary amides is 1. The monoisotopic (exact) mass is 650 g/mol. The highest BCUT2D eigenvalue weighted by Gasteiger charge is 2.31. The Balaban J connectivity index is 1.59. The zero-order valence-corrected chi connectivity index (χ0v) is 27.3. The molecule has 0 saturated heterocycles. The summed E-state index contributed by atoms with van der Waals surface area (Å²) in [6.07, 6.45) is -0.644. The lowest BCUT2D eigenvalue weighted by molar-refractivity contribution is -0.119. The lowest BCUT2D eigenvalue weighted by atomic mass is 9.87. The SMILES string of the molecule is COc1cc(C(=O)CCC(C)(O)c2cc(C(C)(C)NC(=O)OCc3ccccc3)cc(-c3ccc(C#N)cc3)n2)ccc1OCC(N)=O. The smallest absolute Gasteiger partial charge is 0.408 e. The highest BCUT2D eigenvalue weighted by molar-refractivity contribution is 5.96. The number of ketones is 1. The van der Waals surface area contributed by atoms with Gasteiger partial charge in [-0.05, 0) is 80.8 Å². The molecule has 48 heavy (non-hydrogen) atoms. The van der Waals surface area contributed by atoms with Gasteiger partial charge in [-0.2, -0.15) is 5.26 Å². The number of methoxy groups -OCH3 is 1. The molecular formula is C37H38N4O7. The number of nitrogens with zero attached hydrogens (tertiary/aromatic N) is 2. The number of alkyl carbamates (subject to hydrolysis) is 1. The van der Waals surface area contributed by atoms with Crippen molar-refractivity contribution in [3.8, 4) is 28.8 Å². The van der Waals surface area contributed by atoms with E-state index in [4.69, 9.17) is 24.9 Å². The standard InChI is InChI=1S/C37H38N4O7/c1-36(2,41-35(44)48-22-25-8-6-5-7-9-25)28-19-29(26-12-10-24(21-38)11-13-26)40-33(20-28)37(3,45)17-16-30(42)27-14-15-31(32(18-27)46-4)47-23-34(39)43/h5-15,18-20,45H,16-17,22-23H2,1-4H3,(H2,39,43)(H,41,44). The Bertz CT molecular complexity index is 1810. The van der Waals surface area contributed by atoms with E-state index in [1.165, 1.54) is 19.2 Å². The van der Waals surface area contributed by atoms with E-state index in [1.54, 1.807) is 63.2 Å². The fourth-order valence-electron chi connectivity index (χ4n) is 4.86. The van der Waals surface area contributed by atoms with Crippen LogP contribution in [-0.4, -0.2) is 41.6 Å². The van der Waals surface area contributed by atoms with Gasteiger partial charge in [-0.1, -0.05) is 42.5 Å². The Morgan fingerprint density at radius 2 is 1.67 bits per heavy atom. The van der Waals surface area contributed by atoms with E-state index >= 15 is 0 Å². The minimum Gasteiger partial charge on any atom is -0.493 e. The van der Waals surface area contributed by atoms with Gasteiger partial charge >= 0.3 is 6.09 Å². The van der Waals surface area contributed by atoms with Crippen molar-refractivity contribution in [1.29, 1.82) is 5.26 Å². The van der Waals surface area contributed by atoms with E-state index in [9.17, 15) is 24.8 Å². The summed E-state index contributed by atoms with van der Waals surface area (Å²) in [6.45, 7) is 4.94. The number of rotatable bonds is 14. The van der Waals surface area contributed by atoms with E-state index in [0.717, 1.165) is 5.56 Å². The second-order valence-corrected chi connectivity index (χ2v) is 11.9. The molecule has 4 N–H and O–H groups in total. The quantitative estimate of drug-likeness (QED) is 0.148. The summed E-state index contributed by atoms with van der Waals surface area (Å²) in [7, 11) is 1.41. The maximum atomic E-state index is 13.2. The molecule has 248 valence electrons. The number of hydrogen-bond donors (Lipinski definition) is 3. The molecule has 0 saturated carbocycles. The third-order valence-electron chi connectivity index (χ3n) is 7.73. The topological polar surface area (TPSA) is 174 Å². The third-order valence-corrected chi connectivity index (χ3v) is 7.73. The highest BCUT2D eigenvalue weighted by atomic mass is 16.5. The van der Waals surface area contributed by atoms with Crippen LogP contribution in [0.2, 0.25) is 0 Å². The third kappa shape index (κ3) is 9.18. The number of carbonyl (C=O) groups is 3. The molecule has 4 aromatic rings. The first kappa shape index (κ1) is 35.1. The van der Waals surface area contributed by atoms with Crippen LogP contribution in [0.3, 0.4) is 0 Å². The van der Waals surface area contributed by atoms with Crippen molar-refractivity contribution < 1.29 is 33.7 Å². The predicted molar refractivity (Wildman–Crippen MR) is 178 cm³/mol. The van der Waals surface area contributed by atoms with Crippen molar-refractivity contribution in [2.75, 3.05) is 13.7 Å². The zero-order valence-electron chi connectivity index (χ0n) is 27.3. The van der Waals surface area contributed by atoms with Gasteiger partial charge in [0.25, 0.3) is 5.91 Å². The van der Waals surface area contributed by atoms with Crippen molar-refractivity contribution in [2.24, 2.45) is 5.73 Å². The van der Waals surface area contributed by atoms with Crippen LogP contribution in [0.15, 0.2) is 84.9 Å². The molecule has 2 amide bonds. The molecule has 1 heterocycles. The van der Waals surface area contributed by atoms with Gasteiger partial charge in [0.2, 0.25) is 0 Å². The Hall–Kier alpha value is -5.73. The fourth-order valence-corrected chi connectivity index (χ4v) is 4.86. The number of nitrogens with two attached hydrogens (primary N) is 1. The molecule has 1 unspecified atom stereocenters. The first-order chi connectivity index (χ1) is 22.8. The van der Waals surface area contributed by atoms with E-state index in [-0.39, 0.29) is 49.0 Å². The second kappa shape index (κ2) is 15.2. The van der Waals surface area contributed by atoms with Gasteiger partial charge in [0.05, 0.1) is 35.7 Å². The molecule has 0 aliphatic carbocycles. The summed E-state index contributed by atoms with van der Waals surface area (Å²) in [5, 5.41) is 23.9. The van der Waals surface area contributed by atoms with Gasteiger partial charge in [0, 0.05) is 17.5 Å². The van der Waals surface area contributed by atoms with Gasteiger partial charge in [0.1, 0.15) is 12.2 Å².